The van der Waals surface area contributed by atoms with E-state index >= 15 is 0 Å². The van der Waals surface area contributed by atoms with Crippen molar-refractivity contribution in [2.45, 2.75) is 60.3 Å². The summed E-state index contributed by atoms with van der Waals surface area (Å²) in [6, 6.07) is 21.1. The third-order valence-corrected chi connectivity index (χ3v) is 3.66. The molecule has 2 rings (SSSR count). The molecule has 1 N–H and O–H groups in total. The number of rotatable bonds is 5. The van der Waals surface area contributed by atoms with E-state index in [2.05, 4.69) is 96.1 Å². The predicted molar refractivity (Wildman–Crippen MR) is 112 cm³/mol. The standard InChI is InChI=1S/C10H14.C9H12.C5H12O/c1-9(2)8-10-6-4-3-5-7-10;1-8(2)9-6-4-3-5-7-9;1-5(2)3-4-6/h3-7,9H,8H2,1-2H3;3-8H,1-2H3;5-6H,3-4H2,1-2H3. The number of aliphatic hydroxyl groups is 1. The quantitative estimate of drug-likeness (QED) is 0.639. The van der Waals surface area contributed by atoms with E-state index in [-0.39, 0.29) is 0 Å². The van der Waals surface area contributed by atoms with Crippen LogP contribution < -0.4 is 0 Å². The van der Waals surface area contributed by atoms with Crippen LogP contribution in [0.2, 0.25) is 0 Å². The van der Waals surface area contributed by atoms with Gasteiger partial charge >= 0.3 is 0 Å². The Morgan fingerprint density at radius 1 is 0.680 bits per heavy atom. The van der Waals surface area contributed by atoms with Crippen molar-refractivity contribution >= 4 is 0 Å². The van der Waals surface area contributed by atoms with Crippen molar-refractivity contribution in [2.24, 2.45) is 11.8 Å². The second kappa shape index (κ2) is 14.7. The lowest BCUT2D eigenvalue weighted by Gasteiger charge is -2.02. The van der Waals surface area contributed by atoms with Crippen LogP contribution in [-0.4, -0.2) is 11.7 Å². The molecule has 0 heterocycles. The summed E-state index contributed by atoms with van der Waals surface area (Å²) in [5.74, 6) is 2.07. The lowest BCUT2D eigenvalue weighted by atomic mass is 10.0. The summed E-state index contributed by atoms with van der Waals surface area (Å²) >= 11 is 0. The Morgan fingerprint density at radius 3 is 1.44 bits per heavy atom. The van der Waals surface area contributed by atoms with E-state index in [1.165, 1.54) is 17.5 Å². The average molecular weight is 343 g/mol. The summed E-state index contributed by atoms with van der Waals surface area (Å²) in [7, 11) is 0. The molecule has 0 aliphatic carbocycles. The van der Waals surface area contributed by atoms with Crippen LogP contribution in [0.25, 0.3) is 0 Å². The Bertz CT molecular complexity index is 500. The van der Waals surface area contributed by atoms with E-state index in [4.69, 9.17) is 5.11 Å². The van der Waals surface area contributed by atoms with Gasteiger partial charge in [-0.1, -0.05) is 102 Å². The molecule has 0 unspecified atom stereocenters. The van der Waals surface area contributed by atoms with E-state index in [9.17, 15) is 0 Å². The number of aliphatic hydroxyl groups excluding tert-OH is 1. The molecule has 0 spiro atoms. The molecule has 0 fully saturated rings. The number of hydrogen-bond acceptors (Lipinski definition) is 1. The fourth-order valence-electron chi connectivity index (χ4n) is 2.18. The first-order chi connectivity index (χ1) is 11.9. The van der Waals surface area contributed by atoms with Gasteiger partial charge in [0.15, 0.2) is 0 Å². The predicted octanol–water partition coefficient (Wildman–Crippen LogP) is 6.72. The molecule has 0 atom stereocenters. The highest BCUT2D eigenvalue weighted by Crippen LogP contribution is 2.11. The highest BCUT2D eigenvalue weighted by atomic mass is 16.2. The second-order valence-electron chi connectivity index (χ2n) is 7.56. The molecule has 0 aliphatic rings. The zero-order chi connectivity index (χ0) is 19.1. The molecular formula is C24H38O. The number of hydrogen-bond donors (Lipinski definition) is 1. The molecule has 0 bridgehead atoms. The van der Waals surface area contributed by atoms with Crippen LogP contribution >= 0.6 is 0 Å². The Labute approximate surface area is 156 Å². The van der Waals surface area contributed by atoms with Gasteiger partial charge in [-0.25, -0.2) is 0 Å². The summed E-state index contributed by atoms with van der Waals surface area (Å²) in [5, 5.41) is 8.24. The average Bonchev–Trinajstić information content (AvgIpc) is 2.57. The molecule has 2 aromatic rings. The lowest BCUT2D eigenvalue weighted by Crippen LogP contribution is -1.92. The van der Waals surface area contributed by atoms with Crippen molar-refractivity contribution in [1.29, 1.82) is 0 Å². The van der Waals surface area contributed by atoms with Gasteiger partial charge in [-0.15, -0.1) is 0 Å². The van der Waals surface area contributed by atoms with Crippen LogP contribution in [-0.2, 0) is 6.42 Å². The zero-order valence-electron chi connectivity index (χ0n) is 17.1. The van der Waals surface area contributed by atoms with Gasteiger partial charge in [0, 0.05) is 6.61 Å². The van der Waals surface area contributed by atoms with Crippen LogP contribution in [0.1, 0.15) is 65.0 Å². The topological polar surface area (TPSA) is 20.2 Å². The van der Waals surface area contributed by atoms with Crippen LogP contribution in [0, 0.1) is 11.8 Å². The van der Waals surface area contributed by atoms with Gasteiger partial charge in [0.1, 0.15) is 0 Å². The number of benzene rings is 2. The first kappa shape index (κ1) is 23.4. The van der Waals surface area contributed by atoms with Gasteiger partial charge < -0.3 is 5.11 Å². The highest BCUT2D eigenvalue weighted by molar-refractivity contribution is 5.17. The summed E-state index contributed by atoms with van der Waals surface area (Å²) in [6.07, 6.45) is 2.13. The molecule has 0 radical (unpaired) electrons. The van der Waals surface area contributed by atoms with Gasteiger partial charge in [0.05, 0.1) is 0 Å². The van der Waals surface area contributed by atoms with Crippen LogP contribution in [0.4, 0.5) is 0 Å². The molecule has 0 saturated heterocycles. The molecule has 0 saturated carbocycles. The van der Waals surface area contributed by atoms with E-state index < -0.39 is 0 Å². The van der Waals surface area contributed by atoms with Crippen LogP contribution in [0.15, 0.2) is 60.7 Å². The Kier molecular flexibility index (Phi) is 13.8. The summed E-state index contributed by atoms with van der Waals surface area (Å²) in [6.45, 7) is 13.4. The molecule has 1 heteroatoms. The smallest absolute Gasteiger partial charge is 0.0433 e. The van der Waals surface area contributed by atoms with Crippen molar-refractivity contribution in [3.8, 4) is 0 Å². The van der Waals surface area contributed by atoms with Gasteiger partial charge in [-0.3, -0.25) is 0 Å². The van der Waals surface area contributed by atoms with Crippen LogP contribution in [0.3, 0.4) is 0 Å². The first-order valence-corrected chi connectivity index (χ1v) is 9.56. The van der Waals surface area contributed by atoms with Crippen molar-refractivity contribution in [3.05, 3.63) is 71.8 Å². The molecule has 1 nitrogen and oxygen atoms in total. The summed E-state index contributed by atoms with van der Waals surface area (Å²) in [5.41, 5.74) is 2.86. The minimum absolute atomic E-state index is 0.331. The van der Waals surface area contributed by atoms with Crippen molar-refractivity contribution in [3.63, 3.8) is 0 Å². The van der Waals surface area contributed by atoms with Gasteiger partial charge in [-0.05, 0) is 41.7 Å². The Balaban J connectivity index is 0.000000358. The zero-order valence-corrected chi connectivity index (χ0v) is 17.1. The third kappa shape index (κ3) is 14.4. The van der Waals surface area contributed by atoms with Crippen molar-refractivity contribution in [1.82, 2.24) is 0 Å². The minimum atomic E-state index is 0.331. The molecule has 25 heavy (non-hydrogen) atoms. The fraction of sp³-hybridized carbons (Fsp3) is 0.500. The van der Waals surface area contributed by atoms with Gasteiger partial charge in [0.25, 0.3) is 0 Å². The minimum Gasteiger partial charge on any atom is -0.396 e. The van der Waals surface area contributed by atoms with Crippen LogP contribution in [0.5, 0.6) is 0 Å². The molecule has 0 aliphatic heterocycles. The Morgan fingerprint density at radius 2 is 1.16 bits per heavy atom. The molecule has 2 aromatic carbocycles. The highest BCUT2D eigenvalue weighted by Gasteiger charge is 1.94. The molecule has 0 aromatic heterocycles. The first-order valence-electron chi connectivity index (χ1n) is 9.56. The third-order valence-electron chi connectivity index (χ3n) is 3.66. The van der Waals surface area contributed by atoms with Gasteiger partial charge in [-0.2, -0.15) is 0 Å². The SMILES string of the molecule is CC(C)CCO.CC(C)Cc1ccccc1.CC(C)c1ccccc1. The largest absolute Gasteiger partial charge is 0.396 e. The summed E-state index contributed by atoms with van der Waals surface area (Å²) in [4.78, 5) is 0. The monoisotopic (exact) mass is 342 g/mol. The maximum atomic E-state index is 8.24. The van der Waals surface area contributed by atoms with Gasteiger partial charge in [0.2, 0.25) is 0 Å². The summed E-state index contributed by atoms with van der Waals surface area (Å²) < 4.78 is 0. The van der Waals surface area contributed by atoms with Crippen molar-refractivity contribution in [2.75, 3.05) is 6.61 Å². The molecular weight excluding hydrogens is 304 g/mol. The second-order valence-corrected chi connectivity index (χ2v) is 7.56. The maximum Gasteiger partial charge on any atom is 0.0433 e. The molecule has 140 valence electrons. The van der Waals surface area contributed by atoms with E-state index in [1.54, 1.807) is 0 Å². The van der Waals surface area contributed by atoms with Crippen molar-refractivity contribution < 1.29 is 5.11 Å². The lowest BCUT2D eigenvalue weighted by molar-refractivity contribution is 0.268. The van der Waals surface area contributed by atoms with E-state index in [0.717, 1.165) is 12.3 Å². The fourth-order valence-corrected chi connectivity index (χ4v) is 2.18. The van der Waals surface area contributed by atoms with E-state index in [1.807, 2.05) is 6.07 Å². The normalized spacial score (nSPS) is 10.2. The molecule has 0 amide bonds. The Hall–Kier alpha value is -1.60. The van der Waals surface area contributed by atoms with E-state index in [0.29, 0.717) is 18.4 Å². The maximum absolute atomic E-state index is 8.24.